The molecule has 120 valence electrons. The number of rotatable bonds is 5. The van der Waals surface area contributed by atoms with Crippen LogP contribution in [0.4, 0.5) is 5.69 Å². The first-order chi connectivity index (χ1) is 11.0. The number of nitrogens with one attached hydrogen (secondary N) is 1. The largest absolute Gasteiger partial charge is 0.494 e. The number of hydrogen-bond donors (Lipinski definition) is 2. The second-order valence-corrected chi connectivity index (χ2v) is 6.32. The van der Waals surface area contributed by atoms with E-state index in [0.29, 0.717) is 22.3 Å². The van der Waals surface area contributed by atoms with Gasteiger partial charge in [-0.2, -0.15) is 5.10 Å². The summed E-state index contributed by atoms with van der Waals surface area (Å²) in [5.74, 6) is 0.409. The van der Waals surface area contributed by atoms with Crippen LogP contribution in [-0.2, 0) is 0 Å². The number of hydrogen-bond acceptors (Lipinski definition) is 4. The van der Waals surface area contributed by atoms with Crippen molar-refractivity contribution >= 4 is 49.7 Å². The van der Waals surface area contributed by atoms with E-state index in [2.05, 4.69) is 42.4 Å². The van der Waals surface area contributed by atoms with Crippen LogP contribution in [0.15, 0.2) is 50.4 Å². The number of carbonyl (C=O) groups is 1. The highest BCUT2D eigenvalue weighted by Gasteiger charge is 2.12. The number of halogens is 2. The predicted octanol–water partition coefficient (Wildman–Crippen LogP) is 3.96. The zero-order chi connectivity index (χ0) is 16.8. The first kappa shape index (κ1) is 17.5. The maximum Gasteiger partial charge on any atom is 0.273 e. The second kappa shape index (κ2) is 8.12. The number of anilines is 1. The highest BCUT2D eigenvalue weighted by atomic mass is 79.9. The molecule has 0 unspecified atom stereocenters. The number of nitrogen functional groups attached to an aromatic ring is 1. The van der Waals surface area contributed by atoms with Crippen molar-refractivity contribution < 1.29 is 9.53 Å². The molecule has 3 N–H and O–H groups in total. The first-order valence-corrected chi connectivity index (χ1v) is 8.40. The van der Waals surface area contributed by atoms with Gasteiger partial charge in [0.2, 0.25) is 0 Å². The highest BCUT2D eigenvalue weighted by Crippen LogP contribution is 2.28. The molecule has 7 heteroatoms. The lowest BCUT2D eigenvalue weighted by atomic mass is 10.2. The molecule has 0 radical (unpaired) electrons. The van der Waals surface area contributed by atoms with Crippen LogP contribution in [0.25, 0.3) is 0 Å². The molecule has 1 amide bonds. The van der Waals surface area contributed by atoms with E-state index in [9.17, 15) is 4.79 Å². The average molecular weight is 441 g/mol. The Bertz CT molecular complexity index is 731. The second-order valence-electron chi connectivity index (χ2n) is 4.55. The fourth-order valence-corrected chi connectivity index (χ4v) is 3.04. The molecule has 0 saturated heterocycles. The minimum atomic E-state index is -0.383. The molecule has 0 aliphatic rings. The summed E-state index contributed by atoms with van der Waals surface area (Å²) in [5, 5.41) is 3.94. The van der Waals surface area contributed by atoms with Gasteiger partial charge in [0, 0.05) is 8.95 Å². The third-order valence-electron chi connectivity index (χ3n) is 2.91. The lowest BCUT2D eigenvalue weighted by Crippen LogP contribution is -2.19. The molecular formula is C16H15Br2N3O2. The Morgan fingerprint density at radius 1 is 1.30 bits per heavy atom. The van der Waals surface area contributed by atoms with Gasteiger partial charge in [-0.25, -0.2) is 5.43 Å². The van der Waals surface area contributed by atoms with E-state index in [1.807, 2.05) is 31.2 Å². The van der Waals surface area contributed by atoms with E-state index in [1.54, 1.807) is 18.3 Å². The third-order valence-corrected chi connectivity index (χ3v) is 4.02. The zero-order valence-electron chi connectivity index (χ0n) is 12.3. The van der Waals surface area contributed by atoms with Gasteiger partial charge in [-0.15, -0.1) is 0 Å². The van der Waals surface area contributed by atoms with Gasteiger partial charge in [0.15, 0.2) is 0 Å². The summed E-state index contributed by atoms with van der Waals surface area (Å²) >= 11 is 6.63. The summed E-state index contributed by atoms with van der Waals surface area (Å²) in [4.78, 5) is 12.1. The molecule has 0 heterocycles. The smallest absolute Gasteiger partial charge is 0.273 e. The fourth-order valence-electron chi connectivity index (χ4n) is 1.82. The monoisotopic (exact) mass is 439 g/mol. The summed E-state index contributed by atoms with van der Waals surface area (Å²) in [5.41, 5.74) is 9.90. The first-order valence-electron chi connectivity index (χ1n) is 6.82. The summed E-state index contributed by atoms with van der Waals surface area (Å²) in [6.07, 6.45) is 1.55. The molecule has 0 aliphatic carbocycles. The zero-order valence-corrected chi connectivity index (χ0v) is 15.5. The quantitative estimate of drug-likeness (QED) is 0.419. The van der Waals surface area contributed by atoms with E-state index in [1.165, 1.54) is 0 Å². The van der Waals surface area contributed by atoms with Crippen LogP contribution >= 0.6 is 31.9 Å². The Hall–Kier alpha value is -1.86. The Labute approximate surface area is 151 Å². The van der Waals surface area contributed by atoms with E-state index in [-0.39, 0.29) is 5.91 Å². The lowest BCUT2D eigenvalue weighted by molar-refractivity contribution is 0.0956. The molecule has 0 atom stereocenters. The Balaban J connectivity index is 2.04. The van der Waals surface area contributed by atoms with Gasteiger partial charge in [-0.05, 0) is 64.8 Å². The summed E-state index contributed by atoms with van der Waals surface area (Å²) in [7, 11) is 0. The normalized spacial score (nSPS) is 10.7. The van der Waals surface area contributed by atoms with Gasteiger partial charge < -0.3 is 10.5 Å². The van der Waals surface area contributed by atoms with Crippen LogP contribution in [0, 0.1) is 0 Å². The highest BCUT2D eigenvalue weighted by molar-refractivity contribution is 9.11. The molecule has 2 rings (SSSR count). The van der Waals surface area contributed by atoms with Gasteiger partial charge in [-0.3, -0.25) is 4.79 Å². The standard InChI is InChI=1S/C16H15Br2N3O2/c1-2-23-12-5-3-10(4-6-12)9-20-21-16(22)13-7-11(17)8-14(18)15(13)19/h3-9H,2,19H2,1H3,(H,21,22)/b20-9-. The van der Waals surface area contributed by atoms with E-state index in [4.69, 9.17) is 10.5 Å². The number of nitrogens with two attached hydrogens (primary N) is 1. The Morgan fingerprint density at radius 3 is 2.65 bits per heavy atom. The van der Waals surface area contributed by atoms with Crippen molar-refractivity contribution in [1.82, 2.24) is 5.43 Å². The van der Waals surface area contributed by atoms with Crippen molar-refractivity contribution in [3.05, 3.63) is 56.5 Å². The number of ether oxygens (including phenoxy) is 1. The SMILES string of the molecule is CCOc1ccc(/C=N\NC(=O)c2cc(Br)cc(Br)c2N)cc1. The summed E-state index contributed by atoms with van der Waals surface area (Å²) < 4.78 is 6.76. The van der Waals surface area contributed by atoms with Crippen LogP contribution in [0.1, 0.15) is 22.8 Å². The molecule has 2 aromatic rings. The van der Waals surface area contributed by atoms with Gasteiger partial charge in [-0.1, -0.05) is 15.9 Å². The van der Waals surface area contributed by atoms with Crippen LogP contribution < -0.4 is 15.9 Å². The molecule has 5 nitrogen and oxygen atoms in total. The molecule has 0 aromatic heterocycles. The number of nitrogens with zero attached hydrogens (tertiary/aromatic N) is 1. The van der Waals surface area contributed by atoms with Crippen molar-refractivity contribution in [3.63, 3.8) is 0 Å². The maximum atomic E-state index is 12.1. The molecule has 2 aromatic carbocycles. The predicted molar refractivity (Wildman–Crippen MR) is 98.9 cm³/mol. The van der Waals surface area contributed by atoms with Crippen molar-refractivity contribution in [2.24, 2.45) is 5.10 Å². The average Bonchev–Trinajstić information content (AvgIpc) is 2.52. The van der Waals surface area contributed by atoms with Crippen molar-refractivity contribution in [3.8, 4) is 5.75 Å². The number of amides is 1. The van der Waals surface area contributed by atoms with Crippen molar-refractivity contribution in [2.45, 2.75) is 6.92 Å². The van der Waals surface area contributed by atoms with Gasteiger partial charge >= 0.3 is 0 Å². The van der Waals surface area contributed by atoms with Crippen molar-refractivity contribution in [1.29, 1.82) is 0 Å². The van der Waals surface area contributed by atoms with E-state index >= 15 is 0 Å². The Kier molecular flexibility index (Phi) is 6.18. The third kappa shape index (κ3) is 4.80. The topological polar surface area (TPSA) is 76.7 Å². The number of carbonyl (C=O) groups excluding carboxylic acids is 1. The van der Waals surface area contributed by atoms with Crippen LogP contribution in [-0.4, -0.2) is 18.7 Å². The molecule has 0 saturated carbocycles. The minimum Gasteiger partial charge on any atom is -0.494 e. The molecule has 23 heavy (non-hydrogen) atoms. The molecule has 0 aliphatic heterocycles. The van der Waals surface area contributed by atoms with Gasteiger partial charge in [0.25, 0.3) is 5.91 Å². The van der Waals surface area contributed by atoms with E-state index < -0.39 is 0 Å². The lowest BCUT2D eigenvalue weighted by Gasteiger charge is -2.07. The summed E-state index contributed by atoms with van der Waals surface area (Å²) in [6, 6.07) is 10.8. The van der Waals surface area contributed by atoms with Gasteiger partial charge in [0.1, 0.15) is 5.75 Å². The molecule has 0 bridgehead atoms. The van der Waals surface area contributed by atoms with Crippen LogP contribution in [0.5, 0.6) is 5.75 Å². The Morgan fingerprint density at radius 2 is 2.00 bits per heavy atom. The number of hydrazone groups is 1. The fraction of sp³-hybridized carbons (Fsp3) is 0.125. The van der Waals surface area contributed by atoms with Crippen LogP contribution in [0.2, 0.25) is 0 Å². The molecular weight excluding hydrogens is 426 g/mol. The minimum absolute atomic E-state index is 0.343. The van der Waals surface area contributed by atoms with Crippen LogP contribution in [0.3, 0.4) is 0 Å². The summed E-state index contributed by atoms with van der Waals surface area (Å²) in [6.45, 7) is 2.55. The molecule has 0 fully saturated rings. The van der Waals surface area contributed by atoms with Gasteiger partial charge in [0.05, 0.1) is 24.1 Å². The number of benzene rings is 2. The molecule has 0 spiro atoms. The van der Waals surface area contributed by atoms with Crippen molar-refractivity contribution in [2.75, 3.05) is 12.3 Å². The maximum absolute atomic E-state index is 12.1. The van der Waals surface area contributed by atoms with E-state index in [0.717, 1.165) is 15.8 Å².